The Morgan fingerprint density at radius 1 is 1.55 bits per heavy atom. The van der Waals surface area contributed by atoms with Gasteiger partial charge in [0, 0.05) is 23.8 Å². The van der Waals surface area contributed by atoms with Gasteiger partial charge in [-0.2, -0.15) is 11.3 Å². The summed E-state index contributed by atoms with van der Waals surface area (Å²) in [5.74, 6) is 0. The lowest BCUT2D eigenvalue weighted by molar-refractivity contribution is 0.311. The molecule has 0 amide bonds. The molecule has 0 radical (unpaired) electrons. The molecular formula is C9H9NS. The molecule has 1 aromatic rings. The second-order valence-corrected chi connectivity index (χ2v) is 3.79. The van der Waals surface area contributed by atoms with Gasteiger partial charge in [0.1, 0.15) is 0 Å². The Morgan fingerprint density at radius 2 is 2.36 bits per heavy atom. The van der Waals surface area contributed by atoms with Crippen LogP contribution in [0.2, 0.25) is 0 Å². The molecule has 0 N–H and O–H groups in total. The summed E-state index contributed by atoms with van der Waals surface area (Å²) in [7, 11) is 0. The first-order valence-electron chi connectivity index (χ1n) is 3.79. The molecule has 0 unspecified atom stereocenters. The first kappa shape index (κ1) is 6.87. The topological polar surface area (TPSA) is 4.36 Å². The molecule has 1 saturated carbocycles. The molecule has 1 aliphatic carbocycles. The van der Waals surface area contributed by atoms with Gasteiger partial charge < -0.3 is 4.85 Å². The van der Waals surface area contributed by atoms with Crippen molar-refractivity contribution >= 4 is 11.3 Å². The second-order valence-electron chi connectivity index (χ2n) is 3.01. The van der Waals surface area contributed by atoms with Crippen molar-refractivity contribution < 1.29 is 0 Å². The Kier molecular flexibility index (Phi) is 1.47. The predicted molar refractivity (Wildman–Crippen MR) is 46.5 cm³/mol. The summed E-state index contributed by atoms with van der Waals surface area (Å²) >= 11 is 1.69. The van der Waals surface area contributed by atoms with E-state index in [0.717, 1.165) is 12.8 Å². The van der Waals surface area contributed by atoms with Crippen molar-refractivity contribution in [2.45, 2.75) is 24.8 Å². The van der Waals surface area contributed by atoms with Crippen LogP contribution in [-0.4, -0.2) is 0 Å². The van der Waals surface area contributed by atoms with Crippen LogP contribution in [0, 0.1) is 6.57 Å². The quantitative estimate of drug-likeness (QED) is 0.560. The molecule has 0 aromatic carbocycles. The minimum Gasteiger partial charge on any atom is -0.305 e. The molecule has 56 valence electrons. The molecule has 1 fully saturated rings. The highest BCUT2D eigenvalue weighted by atomic mass is 32.1. The van der Waals surface area contributed by atoms with Gasteiger partial charge in [0.25, 0.3) is 5.54 Å². The van der Waals surface area contributed by atoms with Crippen molar-refractivity contribution in [3.63, 3.8) is 0 Å². The summed E-state index contributed by atoms with van der Waals surface area (Å²) in [6.07, 6.45) is 3.35. The maximum atomic E-state index is 7.11. The average Bonchev–Trinajstić information content (AvgIpc) is 2.39. The van der Waals surface area contributed by atoms with E-state index in [2.05, 4.69) is 21.7 Å². The lowest BCUT2D eigenvalue weighted by atomic mass is 9.73. The second kappa shape index (κ2) is 2.35. The maximum absolute atomic E-state index is 7.11. The molecule has 1 aromatic heterocycles. The van der Waals surface area contributed by atoms with Gasteiger partial charge in [-0.15, -0.1) is 0 Å². The minimum absolute atomic E-state index is 0.111. The zero-order valence-corrected chi connectivity index (χ0v) is 7.03. The molecule has 2 heteroatoms. The third-order valence-electron chi connectivity index (χ3n) is 2.45. The van der Waals surface area contributed by atoms with Crippen LogP contribution in [0.5, 0.6) is 0 Å². The first-order chi connectivity index (χ1) is 5.37. The van der Waals surface area contributed by atoms with Gasteiger partial charge >= 0.3 is 0 Å². The molecule has 1 nitrogen and oxygen atoms in total. The van der Waals surface area contributed by atoms with Crippen LogP contribution in [0.1, 0.15) is 24.8 Å². The van der Waals surface area contributed by atoms with Gasteiger partial charge in [-0.25, -0.2) is 6.57 Å². The van der Waals surface area contributed by atoms with Crippen LogP contribution in [-0.2, 0) is 5.54 Å². The van der Waals surface area contributed by atoms with Crippen molar-refractivity contribution in [2.24, 2.45) is 0 Å². The molecule has 0 bridgehead atoms. The van der Waals surface area contributed by atoms with Crippen molar-refractivity contribution in [1.29, 1.82) is 0 Å². The van der Waals surface area contributed by atoms with Crippen LogP contribution >= 0.6 is 11.3 Å². The molecule has 1 aliphatic rings. The number of hydrogen-bond acceptors (Lipinski definition) is 1. The minimum atomic E-state index is -0.111. The fraction of sp³-hybridized carbons (Fsp3) is 0.444. The van der Waals surface area contributed by atoms with E-state index in [1.54, 1.807) is 11.3 Å². The third-order valence-corrected chi connectivity index (χ3v) is 3.14. The summed E-state index contributed by atoms with van der Waals surface area (Å²) in [6.45, 7) is 7.11. The number of rotatable bonds is 1. The molecule has 0 atom stereocenters. The summed E-state index contributed by atoms with van der Waals surface area (Å²) in [5, 5.41) is 4.16. The van der Waals surface area contributed by atoms with E-state index in [0.29, 0.717) is 0 Å². The third kappa shape index (κ3) is 0.883. The molecule has 0 spiro atoms. The van der Waals surface area contributed by atoms with E-state index < -0.39 is 0 Å². The normalized spacial score (nSPS) is 20.3. The van der Waals surface area contributed by atoms with Crippen LogP contribution in [0.25, 0.3) is 4.85 Å². The highest BCUT2D eigenvalue weighted by Gasteiger charge is 2.45. The van der Waals surface area contributed by atoms with Gasteiger partial charge in [-0.05, 0) is 17.9 Å². The molecule has 2 rings (SSSR count). The van der Waals surface area contributed by atoms with Crippen molar-refractivity contribution in [2.75, 3.05) is 0 Å². The first-order valence-corrected chi connectivity index (χ1v) is 4.73. The van der Waals surface area contributed by atoms with Gasteiger partial charge in [0.05, 0.1) is 0 Å². The van der Waals surface area contributed by atoms with Crippen molar-refractivity contribution in [3.05, 3.63) is 33.8 Å². The van der Waals surface area contributed by atoms with Crippen LogP contribution in [0.4, 0.5) is 0 Å². The van der Waals surface area contributed by atoms with Crippen LogP contribution < -0.4 is 0 Å². The van der Waals surface area contributed by atoms with E-state index in [9.17, 15) is 0 Å². The van der Waals surface area contributed by atoms with E-state index >= 15 is 0 Å². The van der Waals surface area contributed by atoms with Crippen LogP contribution in [0.3, 0.4) is 0 Å². The van der Waals surface area contributed by atoms with E-state index in [-0.39, 0.29) is 5.54 Å². The summed E-state index contributed by atoms with van der Waals surface area (Å²) < 4.78 is 0. The number of thiophene rings is 1. The SMILES string of the molecule is [C-]#[N+]C1(c2ccsc2)CCC1. The smallest absolute Gasteiger partial charge is 0.258 e. The summed E-state index contributed by atoms with van der Waals surface area (Å²) in [5.41, 5.74) is 1.13. The lowest BCUT2D eigenvalue weighted by Crippen LogP contribution is -2.29. The zero-order valence-electron chi connectivity index (χ0n) is 6.21. The van der Waals surface area contributed by atoms with Crippen molar-refractivity contribution in [1.82, 2.24) is 0 Å². The van der Waals surface area contributed by atoms with E-state index in [1.165, 1.54) is 12.0 Å². The standard InChI is InChI=1S/C9H9NS/c1-10-9(4-2-5-9)8-3-6-11-7-8/h3,6-7H,2,4-5H2. The van der Waals surface area contributed by atoms with Gasteiger partial charge in [0.15, 0.2) is 0 Å². The molecule has 0 aliphatic heterocycles. The monoisotopic (exact) mass is 163 g/mol. The van der Waals surface area contributed by atoms with Gasteiger partial charge in [0.2, 0.25) is 0 Å². The zero-order chi connectivity index (χ0) is 7.73. The number of nitrogens with zero attached hydrogens (tertiary/aromatic N) is 1. The van der Waals surface area contributed by atoms with Gasteiger partial charge in [-0.3, -0.25) is 0 Å². The largest absolute Gasteiger partial charge is 0.305 e. The fourth-order valence-corrected chi connectivity index (χ4v) is 2.25. The van der Waals surface area contributed by atoms with Crippen LogP contribution in [0.15, 0.2) is 16.8 Å². The highest BCUT2D eigenvalue weighted by molar-refractivity contribution is 7.08. The Hall–Kier alpha value is -0.810. The van der Waals surface area contributed by atoms with E-state index in [1.807, 2.05) is 0 Å². The molecule has 0 saturated heterocycles. The average molecular weight is 163 g/mol. The Bertz CT molecular complexity index is 277. The number of hydrogen-bond donors (Lipinski definition) is 0. The van der Waals surface area contributed by atoms with E-state index in [4.69, 9.17) is 6.57 Å². The van der Waals surface area contributed by atoms with Gasteiger partial charge in [-0.1, -0.05) is 0 Å². The highest BCUT2D eigenvalue weighted by Crippen LogP contribution is 2.45. The molecule has 1 heterocycles. The maximum Gasteiger partial charge on any atom is 0.258 e. The lowest BCUT2D eigenvalue weighted by Gasteiger charge is -2.29. The Balaban J connectivity index is 2.34. The molecular weight excluding hydrogens is 154 g/mol. The Morgan fingerprint density at radius 3 is 2.73 bits per heavy atom. The predicted octanol–water partition coefficient (Wildman–Crippen LogP) is 3.05. The summed E-state index contributed by atoms with van der Waals surface area (Å²) in [6, 6.07) is 2.09. The molecule has 11 heavy (non-hydrogen) atoms. The summed E-state index contributed by atoms with van der Waals surface area (Å²) in [4.78, 5) is 3.72. The fourth-order valence-electron chi connectivity index (χ4n) is 1.51. The Labute approximate surface area is 70.5 Å². The van der Waals surface area contributed by atoms with Crippen molar-refractivity contribution in [3.8, 4) is 0 Å².